The Bertz CT molecular complexity index is 883. The van der Waals surface area contributed by atoms with Gasteiger partial charge >= 0.3 is 5.97 Å². The van der Waals surface area contributed by atoms with Crippen LogP contribution in [0.2, 0.25) is 0 Å². The van der Waals surface area contributed by atoms with Gasteiger partial charge in [0.25, 0.3) is 0 Å². The summed E-state index contributed by atoms with van der Waals surface area (Å²) in [5.74, 6) is 0.401. The third kappa shape index (κ3) is 4.54. The maximum Gasteiger partial charge on any atom is 0.337 e. The first kappa shape index (κ1) is 17.3. The van der Waals surface area contributed by atoms with Crippen LogP contribution in [-0.2, 0) is 11.3 Å². The van der Waals surface area contributed by atoms with Gasteiger partial charge in [-0.15, -0.1) is 0 Å². The van der Waals surface area contributed by atoms with E-state index in [9.17, 15) is 9.18 Å². The molecular formula is C19H17FN4O2. The summed E-state index contributed by atoms with van der Waals surface area (Å²) in [7, 11) is 1.34. The SMILES string of the molecule is COC(=O)c1ccc(Nc2nccc(NCc3ccc(F)cc3)n2)cc1. The molecule has 3 rings (SSSR count). The van der Waals surface area contributed by atoms with Crippen LogP contribution in [0.25, 0.3) is 0 Å². The lowest BCUT2D eigenvalue weighted by Gasteiger charge is -2.09. The third-order valence-corrected chi connectivity index (χ3v) is 3.60. The van der Waals surface area contributed by atoms with Crippen LogP contribution in [0.5, 0.6) is 0 Å². The van der Waals surface area contributed by atoms with Gasteiger partial charge in [-0.25, -0.2) is 14.2 Å². The number of benzene rings is 2. The highest BCUT2D eigenvalue weighted by Gasteiger charge is 2.05. The molecule has 0 atom stereocenters. The minimum Gasteiger partial charge on any atom is -0.465 e. The molecular weight excluding hydrogens is 335 g/mol. The van der Waals surface area contributed by atoms with Crippen LogP contribution in [0.15, 0.2) is 60.8 Å². The number of halogens is 1. The molecule has 1 aromatic heterocycles. The van der Waals surface area contributed by atoms with Crippen molar-refractivity contribution in [1.29, 1.82) is 0 Å². The van der Waals surface area contributed by atoms with E-state index in [0.29, 0.717) is 23.9 Å². The molecule has 1 heterocycles. The van der Waals surface area contributed by atoms with Crippen LogP contribution in [0.4, 0.5) is 21.8 Å². The van der Waals surface area contributed by atoms with E-state index in [1.807, 2.05) is 0 Å². The zero-order valence-electron chi connectivity index (χ0n) is 14.1. The summed E-state index contributed by atoms with van der Waals surface area (Å²) in [4.78, 5) is 20.0. The number of methoxy groups -OCH3 is 1. The van der Waals surface area contributed by atoms with Crippen molar-refractivity contribution in [3.63, 3.8) is 0 Å². The number of anilines is 3. The van der Waals surface area contributed by atoms with Gasteiger partial charge in [-0.05, 0) is 48.0 Å². The Hall–Kier alpha value is -3.48. The molecule has 0 aliphatic heterocycles. The fraction of sp³-hybridized carbons (Fsp3) is 0.105. The van der Waals surface area contributed by atoms with Gasteiger partial charge in [0.05, 0.1) is 12.7 Å². The predicted octanol–water partition coefficient (Wildman–Crippen LogP) is 3.76. The molecule has 0 unspecified atom stereocenters. The minimum atomic E-state index is -0.389. The van der Waals surface area contributed by atoms with E-state index in [1.54, 1.807) is 48.7 Å². The summed E-state index contributed by atoms with van der Waals surface area (Å²) in [6.07, 6.45) is 1.63. The number of carbonyl (C=O) groups excluding carboxylic acids is 1. The van der Waals surface area contributed by atoms with Crippen molar-refractivity contribution in [3.8, 4) is 0 Å². The Labute approximate surface area is 150 Å². The van der Waals surface area contributed by atoms with E-state index in [-0.39, 0.29) is 11.8 Å². The monoisotopic (exact) mass is 352 g/mol. The molecule has 0 spiro atoms. The summed E-state index contributed by atoms with van der Waals surface area (Å²) < 4.78 is 17.6. The minimum absolute atomic E-state index is 0.263. The third-order valence-electron chi connectivity index (χ3n) is 3.60. The average Bonchev–Trinajstić information content (AvgIpc) is 2.68. The number of esters is 1. The van der Waals surface area contributed by atoms with Crippen LogP contribution in [0, 0.1) is 5.82 Å². The lowest BCUT2D eigenvalue weighted by atomic mass is 10.2. The first-order chi connectivity index (χ1) is 12.6. The Kier molecular flexibility index (Phi) is 5.38. The molecule has 3 aromatic rings. The molecule has 0 radical (unpaired) electrons. The van der Waals surface area contributed by atoms with Crippen molar-refractivity contribution in [3.05, 3.63) is 77.7 Å². The smallest absolute Gasteiger partial charge is 0.337 e. The van der Waals surface area contributed by atoms with Crippen molar-refractivity contribution in [2.24, 2.45) is 0 Å². The van der Waals surface area contributed by atoms with E-state index in [2.05, 4.69) is 25.3 Å². The summed E-state index contributed by atoms with van der Waals surface area (Å²) in [6, 6.07) is 14.8. The van der Waals surface area contributed by atoms with Gasteiger partial charge in [-0.2, -0.15) is 4.98 Å². The first-order valence-corrected chi connectivity index (χ1v) is 7.91. The molecule has 0 saturated carbocycles. The quantitative estimate of drug-likeness (QED) is 0.658. The van der Waals surface area contributed by atoms with E-state index in [1.165, 1.54) is 19.2 Å². The van der Waals surface area contributed by atoms with Crippen LogP contribution in [-0.4, -0.2) is 23.0 Å². The fourth-order valence-electron chi connectivity index (χ4n) is 2.25. The first-order valence-electron chi connectivity index (χ1n) is 7.91. The number of rotatable bonds is 6. The molecule has 2 aromatic carbocycles. The summed E-state index contributed by atoms with van der Waals surface area (Å²) in [5, 5.41) is 6.23. The van der Waals surface area contributed by atoms with Crippen molar-refractivity contribution in [2.45, 2.75) is 6.54 Å². The molecule has 0 amide bonds. The maximum atomic E-state index is 12.9. The van der Waals surface area contributed by atoms with Gasteiger partial charge in [-0.3, -0.25) is 0 Å². The largest absolute Gasteiger partial charge is 0.465 e. The molecule has 132 valence electrons. The van der Waals surface area contributed by atoms with E-state index < -0.39 is 0 Å². The van der Waals surface area contributed by atoms with E-state index in [0.717, 1.165) is 11.3 Å². The zero-order valence-corrected chi connectivity index (χ0v) is 14.1. The van der Waals surface area contributed by atoms with Crippen molar-refractivity contribution in [2.75, 3.05) is 17.7 Å². The lowest BCUT2D eigenvalue weighted by Crippen LogP contribution is -2.04. The van der Waals surface area contributed by atoms with Crippen molar-refractivity contribution < 1.29 is 13.9 Å². The number of ether oxygens (including phenoxy) is 1. The maximum absolute atomic E-state index is 12.9. The molecule has 7 heteroatoms. The second-order valence-electron chi connectivity index (χ2n) is 5.44. The predicted molar refractivity (Wildman–Crippen MR) is 96.8 cm³/mol. The number of carbonyl (C=O) groups is 1. The second-order valence-corrected chi connectivity index (χ2v) is 5.44. The zero-order chi connectivity index (χ0) is 18.4. The fourth-order valence-corrected chi connectivity index (χ4v) is 2.25. The van der Waals surface area contributed by atoms with Crippen molar-refractivity contribution in [1.82, 2.24) is 9.97 Å². The molecule has 0 saturated heterocycles. The topological polar surface area (TPSA) is 76.1 Å². The lowest BCUT2D eigenvalue weighted by molar-refractivity contribution is 0.0601. The normalized spacial score (nSPS) is 10.2. The van der Waals surface area contributed by atoms with Gasteiger partial charge in [0.2, 0.25) is 5.95 Å². The molecule has 0 aliphatic carbocycles. The number of nitrogens with zero attached hydrogens (tertiary/aromatic N) is 2. The van der Waals surface area contributed by atoms with E-state index >= 15 is 0 Å². The van der Waals surface area contributed by atoms with Gasteiger partial charge in [0, 0.05) is 18.4 Å². The highest BCUT2D eigenvalue weighted by molar-refractivity contribution is 5.89. The van der Waals surface area contributed by atoms with Gasteiger partial charge in [0.15, 0.2) is 0 Å². The van der Waals surface area contributed by atoms with Gasteiger partial charge in [0.1, 0.15) is 11.6 Å². The summed E-state index contributed by atoms with van der Waals surface area (Å²) in [5.41, 5.74) is 2.15. The standard InChI is InChI=1S/C19H17FN4O2/c1-26-18(25)14-4-8-16(9-5-14)23-19-21-11-10-17(24-19)22-12-13-2-6-15(20)7-3-13/h2-11H,12H2,1H3,(H2,21,22,23,24). The van der Waals surface area contributed by atoms with Crippen LogP contribution in [0.3, 0.4) is 0 Å². The number of hydrogen-bond donors (Lipinski definition) is 2. The van der Waals surface area contributed by atoms with Crippen LogP contribution in [0.1, 0.15) is 15.9 Å². The molecule has 0 fully saturated rings. The molecule has 2 N–H and O–H groups in total. The van der Waals surface area contributed by atoms with Crippen LogP contribution < -0.4 is 10.6 Å². The Morgan fingerprint density at radius 2 is 1.81 bits per heavy atom. The Morgan fingerprint density at radius 1 is 1.08 bits per heavy atom. The molecule has 0 aliphatic rings. The highest BCUT2D eigenvalue weighted by atomic mass is 19.1. The van der Waals surface area contributed by atoms with Crippen molar-refractivity contribution >= 4 is 23.4 Å². The Morgan fingerprint density at radius 3 is 2.50 bits per heavy atom. The highest BCUT2D eigenvalue weighted by Crippen LogP contribution is 2.16. The molecule has 6 nitrogen and oxygen atoms in total. The van der Waals surface area contributed by atoms with Gasteiger partial charge in [-0.1, -0.05) is 12.1 Å². The number of nitrogens with one attached hydrogen (secondary N) is 2. The second kappa shape index (κ2) is 8.06. The summed E-state index contributed by atoms with van der Waals surface area (Å²) >= 11 is 0. The molecule has 26 heavy (non-hydrogen) atoms. The van der Waals surface area contributed by atoms with E-state index in [4.69, 9.17) is 0 Å². The number of aromatic nitrogens is 2. The number of hydrogen-bond acceptors (Lipinski definition) is 6. The molecule has 0 bridgehead atoms. The van der Waals surface area contributed by atoms with Gasteiger partial charge < -0.3 is 15.4 Å². The van der Waals surface area contributed by atoms with Crippen LogP contribution >= 0.6 is 0 Å². The summed E-state index contributed by atoms with van der Waals surface area (Å²) in [6.45, 7) is 0.518. The average molecular weight is 352 g/mol. The Balaban J connectivity index is 1.63.